The van der Waals surface area contributed by atoms with Gasteiger partial charge in [-0.2, -0.15) is 5.10 Å². The fraction of sp³-hybridized carbons (Fsp3) is 0.769. The first-order valence-electron chi connectivity index (χ1n) is 6.59. The molecule has 0 amide bonds. The van der Waals surface area contributed by atoms with Gasteiger partial charge in [-0.1, -0.05) is 15.9 Å². The number of halogens is 1. The maximum absolute atomic E-state index is 4.24. The van der Waals surface area contributed by atoms with E-state index in [0.717, 1.165) is 23.3 Å². The normalized spacial score (nSPS) is 33.2. The topological polar surface area (TPSA) is 21.1 Å². The van der Waals surface area contributed by atoms with Gasteiger partial charge in [-0.15, -0.1) is 0 Å². The summed E-state index contributed by atoms with van der Waals surface area (Å²) in [4.78, 5) is 3.50. The van der Waals surface area contributed by atoms with Gasteiger partial charge in [-0.05, 0) is 37.7 Å². The summed E-state index contributed by atoms with van der Waals surface area (Å²) in [7, 11) is 1.99. The molecule has 0 spiro atoms. The van der Waals surface area contributed by atoms with Gasteiger partial charge in [0, 0.05) is 36.7 Å². The van der Waals surface area contributed by atoms with Crippen LogP contribution in [0.2, 0.25) is 0 Å². The predicted octanol–water partition coefficient (Wildman–Crippen LogP) is 2.35. The standard InChI is InChI=1S/C13H20BrN3/c1-16-9-10(8-15-16)4-5-17-12-2-3-13(17)7-11(14)6-12/h8-9,11-13H,2-7H2,1H3. The molecule has 94 valence electrons. The highest BCUT2D eigenvalue weighted by Gasteiger charge is 2.39. The molecule has 1 aromatic rings. The third-order valence-corrected chi connectivity index (χ3v) is 4.99. The lowest BCUT2D eigenvalue weighted by molar-refractivity contribution is 0.147. The quantitative estimate of drug-likeness (QED) is 0.799. The Morgan fingerprint density at radius 3 is 2.65 bits per heavy atom. The first-order valence-corrected chi connectivity index (χ1v) is 7.51. The Morgan fingerprint density at radius 2 is 2.06 bits per heavy atom. The Morgan fingerprint density at radius 1 is 1.35 bits per heavy atom. The van der Waals surface area contributed by atoms with Crippen molar-refractivity contribution in [2.24, 2.45) is 7.05 Å². The average molecular weight is 298 g/mol. The van der Waals surface area contributed by atoms with Gasteiger partial charge < -0.3 is 0 Å². The summed E-state index contributed by atoms with van der Waals surface area (Å²) in [6.45, 7) is 1.21. The number of alkyl halides is 1. The van der Waals surface area contributed by atoms with Crippen LogP contribution < -0.4 is 0 Å². The summed E-state index contributed by atoms with van der Waals surface area (Å²) < 4.78 is 1.90. The minimum atomic E-state index is 0.759. The number of nitrogens with zero attached hydrogens (tertiary/aromatic N) is 3. The number of rotatable bonds is 3. The van der Waals surface area contributed by atoms with E-state index >= 15 is 0 Å². The van der Waals surface area contributed by atoms with Gasteiger partial charge in [0.15, 0.2) is 0 Å². The summed E-state index contributed by atoms with van der Waals surface area (Å²) >= 11 is 3.80. The van der Waals surface area contributed by atoms with Gasteiger partial charge in [0.1, 0.15) is 0 Å². The zero-order valence-electron chi connectivity index (χ0n) is 10.3. The average Bonchev–Trinajstić information content (AvgIpc) is 2.79. The van der Waals surface area contributed by atoms with E-state index in [1.165, 1.54) is 37.8 Å². The van der Waals surface area contributed by atoms with Gasteiger partial charge in [0.05, 0.1) is 6.20 Å². The fourth-order valence-electron chi connectivity index (χ4n) is 3.43. The second kappa shape index (κ2) is 4.73. The van der Waals surface area contributed by atoms with Crippen LogP contribution in [0.4, 0.5) is 0 Å². The van der Waals surface area contributed by atoms with Crippen LogP contribution >= 0.6 is 15.9 Å². The van der Waals surface area contributed by atoms with Gasteiger partial charge in [-0.3, -0.25) is 9.58 Å². The van der Waals surface area contributed by atoms with Gasteiger partial charge in [0.2, 0.25) is 0 Å². The molecule has 0 aromatic carbocycles. The molecule has 2 atom stereocenters. The molecule has 0 aliphatic carbocycles. The van der Waals surface area contributed by atoms with E-state index in [0.29, 0.717) is 0 Å². The smallest absolute Gasteiger partial charge is 0.0522 e. The van der Waals surface area contributed by atoms with Crippen LogP contribution in [0.25, 0.3) is 0 Å². The van der Waals surface area contributed by atoms with Gasteiger partial charge >= 0.3 is 0 Å². The van der Waals surface area contributed by atoms with E-state index in [-0.39, 0.29) is 0 Å². The maximum atomic E-state index is 4.24. The van der Waals surface area contributed by atoms with Crippen LogP contribution in [0, 0.1) is 0 Å². The van der Waals surface area contributed by atoms with Crippen LogP contribution in [0.15, 0.2) is 12.4 Å². The molecule has 2 aliphatic heterocycles. The molecule has 2 saturated heterocycles. The molecule has 4 heteroatoms. The molecule has 0 radical (unpaired) electrons. The van der Waals surface area contributed by atoms with E-state index in [1.54, 1.807) is 0 Å². The zero-order chi connectivity index (χ0) is 11.8. The Hall–Kier alpha value is -0.350. The lowest BCUT2D eigenvalue weighted by atomic mass is 10.0. The molecule has 2 fully saturated rings. The Kier molecular flexibility index (Phi) is 3.26. The molecular weight excluding hydrogens is 278 g/mol. The number of hydrogen-bond acceptors (Lipinski definition) is 2. The summed E-state index contributed by atoms with van der Waals surface area (Å²) in [5.41, 5.74) is 1.37. The van der Waals surface area contributed by atoms with Crippen LogP contribution in [0.5, 0.6) is 0 Å². The highest BCUT2D eigenvalue weighted by atomic mass is 79.9. The molecular formula is C13H20BrN3. The van der Waals surface area contributed by atoms with Crippen molar-refractivity contribution in [3.05, 3.63) is 18.0 Å². The summed E-state index contributed by atoms with van der Waals surface area (Å²) in [5, 5.41) is 4.24. The second-order valence-corrected chi connectivity index (χ2v) is 6.76. The van der Waals surface area contributed by atoms with Crippen LogP contribution in [-0.4, -0.2) is 38.1 Å². The SMILES string of the molecule is Cn1cc(CCN2C3CCC2CC(Br)C3)cn1. The molecule has 0 saturated carbocycles. The molecule has 0 N–H and O–H groups in total. The zero-order valence-corrected chi connectivity index (χ0v) is 11.9. The Labute approximate surface area is 111 Å². The third kappa shape index (κ3) is 2.43. The van der Waals surface area contributed by atoms with Crippen LogP contribution in [0.1, 0.15) is 31.2 Å². The molecule has 17 heavy (non-hydrogen) atoms. The minimum Gasteiger partial charge on any atom is -0.297 e. The van der Waals surface area contributed by atoms with Crippen molar-refractivity contribution in [1.29, 1.82) is 0 Å². The first kappa shape index (κ1) is 11.7. The lowest BCUT2D eigenvalue weighted by Gasteiger charge is -2.37. The molecule has 3 nitrogen and oxygen atoms in total. The Balaban J connectivity index is 1.59. The van der Waals surface area contributed by atoms with Crippen molar-refractivity contribution in [3.8, 4) is 0 Å². The summed E-state index contributed by atoms with van der Waals surface area (Å²) in [6, 6.07) is 1.66. The van der Waals surface area contributed by atoms with Crippen LogP contribution in [-0.2, 0) is 13.5 Å². The van der Waals surface area contributed by atoms with Crippen molar-refractivity contribution >= 4 is 15.9 Å². The number of aromatic nitrogens is 2. The van der Waals surface area contributed by atoms with Crippen molar-refractivity contribution in [2.45, 2.75) is 49.0 Å². The Bertz CT molecular complexity index is 376. The van der Waals surface area contributed by atoms with Crippen molar-refractivity contribution in [3.63, 3.8) is 0 Å². The van der Waals surface area contributed by atoms with Crippen molar-refractivity contribution in [2.75, 3.05) is 6.54 Å². The van der Waals surface area contributed by atoms with Crippen LogP contribution in [0.3, 0.4) is 0 Å². The van der Waals surface area contributed by atoms with Crippen molar-refractivity contribution < 1.29 is 0 Å². The van der Waals surface area contributed by atoms with E-state index in [4.69, 9.17) is 0 Å². The number of aryl methyl sites for hydroxylation is 1. The van der Waals surface area contributed by atoms with E-state index < -0.39 is 0 Å². The highest BCUT2D eigenvalue weighted by molar-refractivity contribution is 9.09. The monoisotopic (exact) mass is 297 g/mol. The predicted molar refractivity (Wildman–Crippen MR) is 72.4 cm³/mol. The van der Waals surface area contributed by atoms with E-state index in [2.05, 4.69) is 32.1 Å². The maximum Gasteiger partial charge on any atom is 0.0522 e. The highest BCUT2D eigenvalue weighted by Crippen LogP contribution is 2.38. The molecule has 3 rings (SSSR count). The fourth-order valence-corrected chi connectivity index (χ4v) is 4.30. The molecule has 2 unspecified atom stereocenters. The van der Waals surface area contributed by atoms with E-state index in [9.17, 15) is 0 Å². The number of fused-ring (bicyclic) bond motifs is 2. The third-order valence-electron chi connectivity index (χ3n) is 4.24. The number of piperidine rings is 1. The van der Waals surface area contributed by atoms with Gasteiger partial charge in [-0.25, -0.2) is 0 Å². The lowest BCUT2D eigenvalue weighted by Crippen LogP contribution is -2.44. The largest absolute Gasteiger partial charge is 0.297 e. The summed E-state index contributed by atoms with van der Waals surface area (Å²) in [5.74, 6) is 0. The van der Waals surface area contributed by atoms with E-state index in [1.807, 2.05) is 17.9 Å². The van der Waals surface area contributed by atoms with Gasteiger partial charge in [0.25, 0.3) is 0 Å². The molecule has 1 aromatic heterocycles. The molecule has 2 bridgehead atoms. The summed E-state index contributed by atoms with van der Waals surface area (Å²) in [6.07, 6.45) is 10.8. The molecule has 2 aliphatic rings. The first-order chi connectivity index (χ1) is 8.22. The minimum absolute atomic E-state index is 0.759. The van der Waals surface area contributed by atoms with Crippen molar-refractivity contribution in [1.82, 2.24) is 14.7 Å². The second-order valence-electron chi connectivity index (χ2n) is 5.46. The molecule has 3 heterocycles. The number of hydrogen-bond donors (Lipinski definition) is 0.